The van der Waals surface area contributed by atoms with Crippen molar-refractivity contribution in [2.45, 2.75) is 42.5 Å². The Morgan fingerprint density at radius 2 is 1.93 bits per heavy atom. The molecule has 0 N–H and O–H groups in total. The van der Waals surface area contributed by atoms with Crippen LogP contribution in [0.15, 0.2) is 53.8 Å². The Labute approximate surface area is 175 Å². The van der Waals surface area contributed by atoms with Crippen LogP contribution in [-0.4, -0.2) is 46.4 Å². The van der Waals surface area contributed by atoms with Crippen LogP contribution in [0.5, 0.6) is 0 Å². The minimum Gasteiger partial charge on any atom is -0.297 e. The Kier molecular flexibility index (Phi) is 4.52. The topological polar surface area (TPSA) is 68.1 Å². The lowest BCUT2D eigenvalue weighted by Gasteiger charge is -2.16. The molecule has 0 unspecified atom stereocenters. The van der Waals surface area contributed by atoms with E-state index in [-0.39, 0.29) is 5.92 Å². The van der Waals surface area contributed by atoms with Crippen molar-refractivity contribution in [2.75, 3.05) is 13.1 Å². The highest BCUT2D eigenvalue weighted by atomic mass is 32.2. The summed E-state index contributed by atoms with van der Waals surface area (Å²) in [6, 6.07) is 8.69. The van der Waals surface area contributed by atoms with Crippen LogP contribution in [0.4, 0.5) is 4.39 Å². The van der Waals surface area contributed by atoms with Crippen molar-refractivity contribution in [3.8, 4) is 11.1 Å². The van der Waals surface area contributed by atoms with Crippen LogP contribution in [0.25, 0.3) is 11.1 Å². The van der Waals surface area contributed by atoms with Gasteiger partial charge in [-0.1, -0.05) is 6.07 Å². The molecule has 1 fully saturated rings. The van der Waals surface area contributed by atoms with E-state index >= 15 is 0 Å². The maximum atomic E-state index is 13.2. The zero-order chi connectivity index (χ0) is 21.0. The van der Waals surface area contributed by atoms with E-state index in [2.05, 4.69) is 28.8 Å². The molecule has 2 atom stereocenters. The van der Waals surface area contributed by atoms with Gasteiger partial charge in [-0.15, -0.1) is 0 Å². The van der Waals surface area contributed by atoms with Crippen molar-refractivity contribution in [1.29, 1.82) is 0 Å². The van der Waals surface area contributed by atoms with Crippen LogP contribution >= 0.6 is 0 Å². The van der Waals surface area contributed by atoms with E-state index < -0.39 is 21.0 Å². The molecular weight excluding hydrogens is 403 g/mol. The molecule has 0 bridgehead atoms. The molecule has 30 heavy (non-hydrogen) atoms. The Bertz CT molecular complexity index is 1200. The van der Waals surface area contributed by atoms with E-state index in [1.54, 1.807) is 18.2 Å². The molecule has 0 aliphatic carbocycles. The number of halogens is 1. The third kappa shape index (κ3) is 3.15. The fourth-order valence-corrected chi connectivity index (χ4v) is 6.78. The van der Waals surface area contributed by atoms with Crippen molar-refractivity contribution in [3.63, 3.8) is 0 Å². The predicted molar refractivity (Wildman–Crippen MR) is 111 cm³/mol. The van der Waals surface area contributed by atoms with Gasteiger partial charge in [0.25, 0.3) is 0 Å². The summed E-state index contributed by atoms with van der Waals surface area (Å²) in [5.74, 6) is -0.590. The van der Waals surface area contributed by atoms with E-state index in [9.17, 15) is 12.8 Å². The predicted octanol–water partition coefficient (Wildman–Crippen LogP) is 3.42. The number of pyridine rings is 1. The summed E-state index contributed by atoms with van der Waals surface area (Å²) in [5.41, 5.74) is 3.58. The van der Waals surface area contributed by atoms with Crippen LogP contribution in [0.1, 0.15) is 36.9 Å². The maximum Gasteiger partial charge on any atom is 0.212 e. The number of aromatic nitrogens is 3. The molecule has 3 aromatic rings. The van der Waals surface area contributed by atoms with Gasteiger partial charge in [-0.25, -0.2) is 13.4 Å². The lowest BCUT2D eigenvalue weighted by molar-refractivity contribution is 0.325. The smallest absolute Gasteiger partial charge is 0.212 e. The van der Waals surface area contributed by atoms with Crippen LogP contribution in [-0.2, 0) is 16.4 Å². The Hall–Kier alpha value is -2.58. The molecular formula is C22H23FN4O2S. The number of sulfone groups is 1. The second-order valence-corrected chi connectivity index (χ2v) is 10.6. The van der Waals surface area contributed by atoms with E-state index in [1.165, 1.54) is 12.3 Å². The lowest BCUT2D eigenvalue weighted by atomic mass is 9.95. The summed E-state index contributed by atoms with van der Waals surface area (Å²) >= 11 is 0. The van der Waals surface area contributed by atoms with Gasteiger partial charge in [-0.3, -0.25) is 9.58 Å². The van der Waals surface area contributed by atoms with Crippen LogP contribution < -0.4 is 0 Å². The van der Waals surface area contributed by atoms with Gasteiger partial charge in [-0.05, 0) is 49.2 Å². The second-order valence-electron chi connectivity index (χ2n) is 8.43. The highest BCUT2D eigenvalue weighted by Crippen LogP contribution is 2.46. The molecule has 0 saturated carbocycles. The van der Waals surface area contributed by atoms with Crippen molar-refractivity contribution < 1.29 is 12.8 Å². The Morgan fingerprint density at radius 1 is 1.13 bits per heavy atom. The van der Waals surface area contributed by atoms with Crippen molar-refractivity contribution >= 4 is 9.84 Å². The molecule has 1 saturated heterocycles. The summed E-state index contributed by atoms with van der Waals surface area (Å²) in [7, 11) is -3.36. The van der Waals surface area contributed by atoms with Crippen LogP contribution in [0.3, 0.4) is 0 Å². The first-order valence-electron chi connectivity index (χ1n) is 10.1. The highest BCUT2D eigenvalue weighted by molar-refractivity contribution is 7.92. The summed E-state index contributed by atoms with van der Waals surface area (Å²) in [5, 5.41) is 3.96. The number of fused-ring (bicyclic) bond motifs is 3. The van der Waals surface area contributed by atoms with Gasteiger partial charge in [0.2, 0.25) is 5.95 Å². The molecule has 0 spiro atoms. The number of hydrogen-bond acceptors (Lipinski definition) is 5. The third-order valence-electron chi connectivity index (χ3n) is 6.11. The van der Waals surface area contributed by atoms with E-state index in [1.807, 2.05) is 23.1 Å². The van der Waals surface area contributed by atoms with Gasteiger partial charge < -0.3 is 0 Å². The number of likely N-dealkylation sites (tertiary alicyclic amines) is 1. The Morgan fingerprint density at radius 3 is 2.63 bits per heavy atom. The Balaban J connectivity index is 1.43. The molecule has 4 heterocycles. The normalized spacial score (nSPS) is 22.4. The van der Waals surface area contributed by atoms with Gasteiger partial charge in [0.1, 0.15) is 0 Å². The summed E-state index contributed by atoms with van der Waals surface area (Å²) in [6.07, 6.45) is 5.36. The SMILES string of the molecule is CC(C)n1cc(CN2C[C@H]3c4cc(-c5ccc(F)nc5)ccc4S(=O)(=O)[C@H]3C2)cn1. The molecule has 2 aliphatic heterocycles. The third-order valence-corrected chi connectivity index (χ3v) is 8.37. The zero-order valence-electron chi connectivity index (χ0n) is 16.9. The van der Waals surface area contributed by atoms with Gasteiger partial charge in [0, 0.05) is 55.1 Å². The fraction of sp³-hybridized carbons (Fsp3) is 0.364. The molecule has 156 valence electrons. The zero-order valence-corrected chi connectivity index (χ0v) is 17.7. The van der Waals surface area contributed by atoms with Crippen molar-refractivity contribution in [3.05, 3.63) is 66.0 Å². The van der Waals surface area contributed by atoms with Crippen molar-refractivity contribution in [1.82, 2.24) is 19.7 Å². The second kappa shape index (κ2) is 6.99. The minimum atomic E-state index is -3.36. The minimum absolute atomic E-state index is 0.0569. The maximum absolute atomic E-state index is 13.2. The van der Waals surface area contributed by atoms with E-state index in [4.69, 9.17) is 0 Å². The van der Waals surface area contributed by atoms with Crippen molar-refractivity contribution in [2.24, 2.45) is 0 Å². The number of hydrogen-bond donors (Lipinski definition) is 0. The monoisotopic (exact) mass is 426 g/mol. The molecule has 6 nitrogen and oxygen atoms in total. The molecule has 8 heteroatoms. The average Bonchev–Trinajstić information content (AvgIpc) is 3.40. The molecule has 1 aromatic carbocycles. The summed E-state index contributed by atoms with van der Waals surface area (Å²) in [4.78, 5) is 6.35. The molecule has 2 aromatic heterocycles. The summed E-state index contributed by atoms with van der Waals surface area (Å²) in [6.45, 7) is 6.05. The first kappa shape index (κ1) is 19.4. The molecule has 5 rings (SSSR count). The van der Waals surface area contributed by atoms with Gasteiger partial charge in [0.15, 0.2) is 9.84 Å². The number of nitrogens with zero attached hydrogens (tertiary/aromatic N) is 4. The molecule has 2 aliphatic rings. The molecule has 0 radical (unpaired) electrons. The van der Waals surface area contributed by atoms with Gasteiger partial charge in [0.05, 0.1) is 16.3 Å². The average molecular weight is 427 g/mol. The standard InChI is InChI=1S/C22H23FN4O2S/c1-14(2)27-11-15(8-25-27)10-26-12-19-18-7-16(17-4-6-22(23)24-9-17)3-5-20(18)30(28,29)21(19)13-26/h3-9,11,14,19,21H,10,12-13H2,1-2H3/t19-,21-/m0/s1. The lowest BCUT2D eigenvalue weighted by Crippen LogP contribution is -2.25. The first-order valence-corrected chi connectivity index (χ1v) is 11.6. The van der Waals surface area contributed by atoms with Crippen LogP contribution in [0.2, 0.25) is 0 Å². The van der Waals surface area contributed by atoms with Crippen LogP contribution in [0, 0.1) is 5.95 Å². The quantitative estimate of drug-likeness (QED) is 0.598. The largest absolute Gasteiger partial charge is 0.297 e. The fourth-order valence-electron chi connectivity index (χ4n) is 4.58. The highest BCUT2D eigenvalue weighted by Gasteiger charge is 2.50. The van der Waals surface area contributed by atoms with Gasteiger partial charge >= 0.3 is 0 Å². The van der Waals surface area contributed by atoms with E-state index in [0.717, 1.165) is 22.3 Å². The first-order chi connectivity index (χ1) is 14.3. The van der Waals surface area contributed by atoms with E-state index in [0.29, 0.717) is 30.6 Å². The van der Waals surface area contributed by atoms with Gasteiger partial charge in [-0.2, -0.15) is 9.49 Å². The number of rotatable bonds is 4. The molecule has 0 amide bonds. The number of benzene rings is 1. The summed E-state index contributed by atoms with van der Waals surface area (Å²) < 4.78 is 41.4.